The van der Waals surface area contributed by atoms with Gasteiger partial charge in [-0.05, 0) is 49.2 Å². The van der Waals surface area contributed by atoms with E-state index in [1.165, 1.54) is 18.4 Å². The molecule has 1 amide bonds. The van der Waals surface area contributed by atoms with Crippen LogP contribution >= 0.6 is 0 Å². The lowest BCUT2D eigenvalue weighted by atomic mass is 10.3. The number of guanidine groups is 1. The van der Waals surface area contributed by atoms with Crippen molar-refractivity contribution in [1.82, 2.24) is 15.1 Å². The Labute approximate surface area is 170 Å². The van der Waals surface area contributed by atoms with Crippen LogP contribution in [0.5, 0.6) is 5.75 Å². The van der Waals surface area contributed by atoms with Gasteiger partial charge in [0.25, 0.3) is 5.91 Å². The third kappa shape index (κ3) is 5.97. The molecule has 0 unspecified atom stereocenters. The lowest BCUT2D eigenvalue weighted by Gasteiger charge is -2.36. The molecule has 0 radical (unpaired) electrons. The van der Waals surface area contributed by atoms with Crippen LogP contribution in [0.4, 0.5) is 4.39 Å². The predicted molar refractivity (Wildman–Crippen MR) is 109 cm³/mol. The fraction of sp³-hybridized carbons (Fsp3) is 0.429. The Morgan fingerprint density at radius 3 is 2.52 bits per heavy atom. The summed E-state index contributed by atoms with van der Waals surface area (Å²) in [6.07, 6.45) is 3.32. The Kier molecular flexibility index (Phi) is 7.49. The molecule has 1 N–H and O–H groups in total. The number of hydrogen-bond acceptors (Lipinski definition) is 4. The summed E-state index contributed by atoms with van der Waals surface area (Å²) in [6.45, 7) is 4.07. The monoisotopic (exact) mass is 402 g/mol. The van der Waals surface area contributed by atoms with Crippen LogP contribution in [0, 0.1) is 5.82 Å². The van der Waals surface area contributed by atoms with E-state index in [1.807, 2.05) is 0 Å². The molecule has 2 aromatic rings. The molecular weight excluding hydrogens is 375 g/mol. The molecule has 1 saturated heterocycles. The summed E-state index contributed by atoms with van der Waals surface area (Å²) in [7, 11) is 1.76. The number of carbonyl (C=O) groups excluding carboxylic acids is 1. The zero-order chi connectivity index (χ0) is 20.5. The quantitative estimate of drug-likeness (QED) is 0.438. The molecule has 0 saturated carbocycles. The zero-order valence-corrected chi connectivity index (χ0v) is 16.6. The number of nitrogens with one attached hydrogen (secondary N) is 1. The fourth-order valence-electron chi connectivity index (χ4n) is 3.16. The van der Waals surface area contributed by atoms with E-state index in [4.69, 9.17) is 9.15 Å². The maximum absolute atomic E-state index is 12.9. The Bertz CT molecular complexity index is 785. The van der Waals surface area contributed by atoms with Gasteiger partial charge in [0.05, 0.1) is 12.9 Å². The first-order chi connectivity index (χ1) is 14.2. The van der Waals surface area contributed by atoms with E-state index >= 15 is 0 Å². The van der Waals surface area contributed by atoms with Gasteiger partial charge in [-0.25, -0.2) is 4.39 Å². The summed E-state index contributed by atoms with van der Waals surface area (Å²) >= 11 is 0. The standard InChI is InChI=1S/C21H27FN4O3/c1-23-21(24-10-2-3-15-28-18-8-6-17(22)7-9-18)26-13-11-25(12-14-26)20(27)19-5-4-16-29-19/h4-9,16H,2-3,10-15H2,1H3,(H,23,24). The Morgan fingerprint density at radius 2 is 1.86 bits per heavy atom. The number of rotatable bonds is 7. The summed E-state index contributed by atoms with van der Waals surface area (Å²) in [4.78, 5) is 20.6. The van der Waals surface area contributed by atoms with Crippen LogP contribution in [0.1, 0.15) is 23.4 Å². The maximum atomic E-state index is 12.9. The fourth-order valence-corrected chi connectivity index (χ4v) is 3.16. The van der Waals surface area contributed by atoms with Gasteiger partial charge < -0.3 is 24.3 Å². The number of hydrogen-bond donors (Lipinski definition) is 1. The van der Waals surface area contributed by atoms with E-state index in [-0.39, 0.29) is 11.7 Å². The Morgan fingerprint density at radius 1 is 1.14 bits per heavy atom. The van der Waals surface area contributed by atoms with Crippen LogP contribution in [0.25, 0.3) is 0 Å². The van der Waals surface area contributed by atoms with Crippen molar-refractivity contribution in [2.45, 2.75) is 12.8 Å². The molecule has 1 aromatic carbocycles. The summed E-state index contributed by atoms with van der Waals surface area (Å²) < 4.78 is 23.7. The van der Waals surface area contributed by atoms with Crippen LogP contribution in [-0.4, -0.2) is 68.0 Å². The van der Waals surface area contributed by atoms with Crippen molar-refractivity contribution in [1.29, 1.82) is 0 Å². The van der Waals surface area contributed by atoms with E-state index in [1.54, 1.807) is 36.2 Å². The molecule has 8 heteroatoms. The van der Waals surface area contributed by atoms with Gasteiger partial charge in [0.15, 0.2) is 11.7 Å². The molecule has 0 aliphatic carbocycles. The van der Waals surface area contributed by atoms with Gasteiger partial charge in [0.1, 0.15) is 11.6 Å². The highest BCUT2D eigenvalue weighted by molar-refractivity contribution is 5.91. The molecular formula is C21H27FN4O3. The largest absolute Gasteiger partial charge is 0.494 e. The van der Waals surface area contributed by atoms with Gasteiger partial charge >= 0.3 is 0 Å². The van der Waals surface area contributed by atoms with Crippen LogP contribution in [-0.2, 0) is 0 Å². The highest BCUT2D eigenvalue weighted by Crippen LogP contribution is 2.12. The molecule has 0 atom stereocenters. The smallest absolute Gasteiger partial charge is 0.289 e. The minimum absolute atomic E-state index is 0.0706. The second-order valence-electron chi connectivity index (χ2n) is 6.74. The number of unbranched alkanes of at least 4 members (excludes halogenated alkanes) is 1. The molecule has 1 aromatic heterocycles. The number of carbonyl (C=O) groups is 1. The molecule has 1 aliphatic rings. The number of halogens is 1. The predicted octanol–water partition coefficient (Wildman–Crippen LogP) is 2.61. The molecule has 1 aliphatic heterocycles. The number of ether oxygens (including phenoxy) is 1. The molecule has 2 heterocycles. The van der Waals surface area contributed by atoms with Crippen molar-refractivity contribution in [2.24, 2.45) is 4.99 Å². The van der Waals surface area contributed by atoms with Gasteiger partial charge in [0, 0.05) is 39.8 Å². The number of furan rings is 1. The molecule has 0 bridgehead atoms. The van der Waals surface area contributed by atoms with Crippen LogP contribution in [0.15, 0.2) is 52.1 Å². The zero-order valence-electron chi connectivity index (χ0n) is 16.6. The summed E-state index contributed by atoms with van der Waals surface area (Å²) in [5.74, 6) is 1.56. The van der Waals surface area contributed by atoms with E-state index in [9.17, 15) is 9.18 Å². The first-order valence-electron chi connectivity index (χ1n) is 9.84. The molecule has 156 valence electrons. The first kappa shape index (κ1) is 20.7. The highest BCUT2D eigenvalue weighted by atomic mass is 19.1. The number of piperazine rings is 1. The average molecular weight is 402 g/mol. The second kappa shape index (κ2) is 10.5. The van der Waals surface area contributed by atoms with E-state index in [0.717, 1.165) is 38.4 Å². The number of benzene rings is 1. The van der Waals surface area contributed by atoms with Crippen molar-refractivity contribution in [3.63, 3.8) is 0 Å². The van der Waals surface area contributed by atoms with Gasteiger partial charge in [-0.15, -0.1) is 0 Å². The maximum Gasteiger partial charge on any atom is 0.289 e. The van der Waals surface area contributed by atoms with Crippen molar-refractivity contribution in [3.05, 3.63) is 54.2 Å². The molecule has 3 rings (SSSR count). The molecule has 1 fully saturated rings. The van der Waals surface area contributed by atoms with Gasteiger partial charge in [-0.3, -0.25) is 9.79 Å². The van der Waals surface area contributed by atoms with E-state index in [0.29, 0.717) is 31.2 Å². The first-order valence-corrected chi connectivity index (χ1v) is 9.84. The van der Waals surface area contributed by atoms with E-state index < -0.39 is 0 Å². The Hall–Kier alpha value is -3.03. The van der Waals surface area contributed by atoms with Crippen molar-refractivity contribution in [2.75, 3.05) is 46.4 Å². The van der Waals surface area contributed by atoms with Gasteiger partial charge in [-0.1, -0.05) is 0 Å². The summed E-state index contributed by atoms with van der Waals surface area (Å²) in [5.41, 5.74) is 0. The Balaban J connectivity index is 1.32. The second-order valence-corrected chi connectivity index (χ2v) is 6.74. The lowest BCUT2D eigenvalue weighted by Crippen LogP contribution is -2.53. The van der Waals surface area contributed by atoms with Crippen LogP contribution < -0.4 is 10.1 Å². The van der Waals surface area contributed by atoms with Gasteiger partial charge in [-0.2, -0.15) is 0 Å². The van der Waals surface area contributed by atoms with Crippen molar-refractivity contribution >= 4 is 11.9 Å². The van der Waals surface area contributed by atoms with E-state index in [2.05, 4.69) is 15.2 Å². The minimum Gasteiger partial charge on any atom is -0.494 e. The van der Waals surface area contributed by atoms with Crippen LogP contribution in [0.2, 0.25) is 0 Å². The number of aliphatic imine (C=N–C) groups is 1. The molecule has 29 heavy (non-hydrogen) atoms. The SMILES string of the molecule is CN=C(NCCCCOc1ccc(F)cc1)N1CCN(C(=O)c2ccco2)CC1. The molecule has 0 spiro atoms. The summed E-state index contributed by atoms with van der Waals surface area (Å²) in [6, 6.07) is 9.46. The minimum atomic E-state index is -0.265. The molecule has 7 nitrogen and oxygen atoms in total. The summed E-state index contributed by atoms with van der Waals surface area (Å²) in [5, 5.41) is 3.37. The van der Waals surface area contributed by atoms with Crippen molar-refractivity contribution in [3.8, 4) is 5.75 Å². The topological polar surface area (TPSA) is 70.3 Å². The third-order valence-corrected chi connectivity index (χ3v) is 4.75. The van der Waals surface area contributed by atoms with Gasteiger partial charge in [0.2, 0.25) is 0 Å². The number of amides is 1. The number of nitrogens with zero attached hydrogens (tertiary/aromatic N) is 3. The lowest BCUT2D eigenvalue weighted by molar-refractivity contribution is 0.0657. The van der Waals surface area contributed by atoms with Crippen LogP contribution in [0.3, 0.4) is 0 Å². The van der Waals surface area contributed by atoms with Crippen molar-refractivity contribution < 1.29 is 18.3 Å². The third-order valence-electron chi connectivity index (χ3n) is 4.75. The highest BCUT2D eigenvalue weighted by Gasteiger charge is 2.24. The normalized spacial score (nSPS) is 14.8. The average Bonchev–Trinajstić information content (AvgIpc) is 3.29.